The van der Waals surface area contributed by atoms with E-state index >= 15 is 4.39 Å². The summed E-state index contributed by atoms with van der Waals surface area (Å²) >= 11 is 0. The van der Waals surface area contributed by atoms with E-state index in [9.17, 15) is 0 Å². The smallest absolute Gasteiger partial charge is 0.134 e. The van der Waals surface area contributed by atoms with Crippen molar-refractivity contribution in [3.05, 3.63) is 82.7 Å². The van der Waals surface area contributed by atoms with Crippen LogP contribution in [0, 0.1) is 29.5 Å². The summed E-state index contributed by atoms with van der Waals surface area (Å²) in [6.45, 7) is 4.53. The Bertz CT molecular complexity index is 1170. The SMILES string of the molecule is CCCCCCc1ccc(C#Cc2ccc3c(F)c(CCC4CCC(CCCC)CC4)ccc3c2)cc1. The molecule has 1 heteroatoms. The first-order valence-electron chi connectivity index (χ1n) is 15.0. The average Bonchev–Trinajstić information content (AvgIpc) is 2.94. The van der Waals surface area contributed by atoms with Crippen LogP contribution in [-0.2, 0) is 12.8 Å². The van der Waals surface area contributed by atoms with Crippen LogP contribution >= 0.6 is 0 Å². The van der Waals surface area contributed by atoms with E-state index in [1.807, 2.05) is 24.3 Å². The van der Waals surface area contributed by atoms with Gasteiger partial charge in [0.05, 0.1) is 0 Å². The van der Waals surface area contributed by atoms with Gasteiger partial charge in [-0.15, -0.1) is 0 Å². The third-order valence-corrected chi connectivity index (χ3v) is 8.41. The molecule has 0 N–H and O–H groups in total. The second-order valence-electron chi connectivity index (χ2n) is 11.3. The highest BCUT2D eigenvalue weighted by Gasteiger charge is 2.21. The van der Waals surface area contributed by atoms with Crippen molar-refractivity contribution in [2.75, 3.05) is 0 Å². The number of hydrogen-bond donors (Lipinski definition) is 0. The Labute approximate surface area is 225 Å². The summed E-state index contributed by atoms with van der Waals surface area (Å²) in [4.78, 5) is 0. The Morgan fingerprint density at radius 2 is 1.35 bits per heavy atom. The molecule has 37 heavy (non-hydrogen) atoms. The number of benzene rings is 3. The van der Waals surface area contributed by atoms with Crippen molar-refractivity contribution in [1.82, 2.24) is 0 Å². The van der Waals surface area contributed by atoms with Crippen LogP contribution in [0.15, 0.2) is 54.6 Å². The van der Waals surface area contributed by atoms with E-state index in [4.69, 9.17) is 0 Å². The Morgan fingerprint density at radius 3 is 2.08 bits per heavy atom. The first-order chi connectivity index (χ1) is 18.2. The summed E-state index contributed by atoms with van der Waals surface area (Å²) < 4.78 is 15.3. The molecule has 4 rings (SSSR count). The third kappa shape index (κ3) is 8.20. The second kappa shape index (κ2) is 14.4. The van der Waals surface area contributed by atoms with Crippen molar-refractivity contribution in [3.8, 4) is 11.8 Å². The van der Waals surface area contributed by atoms with Crippen LogP contribution in [0.5, 0.6) is 0 Å². The average molecular weight is 497 g/mol. The standard InChI is InChI=1S/C36H45F/c1-3-5-7-8-10-29-13-15-30(16-14-29)19-20-32-22-26-35-34(27-32)25-24-33(36(35)37)23-21-31-17-11-28(12-18-31)9-6-4-2/h13-16,22,24-28,31H,3-12,17-18,21,23H2,1-2H3. The first-order valence-corrected chi connectivity index (χ1v) is 15.0. The lowest BCUT2D eigenvalue weighted by molar-refractivity contribution is 0.249. The van der Waals surface area contributed by atoms with Crippen LogP contribution < -0.4 is 0 Å². The number of halogens is 1. The number of aryl methyl sites for hydroxylation is 2. The molecule has 0 aromatic heterocycles. The summed E-state index contributed by atoms with van der Waals surface area (Å²) in [6, 6.07) is 18.6. The molecule has 1 saturated carbocycles. The fraction of sp³-hybridized carbons (Fsp3) is 0.500. The van der Waals surface area contributed by atoms with Crippen molar-refractivity contribution in [2.24, 2.45) is 11.8 Å². The minimum Gasteiger partial charge on any atom is -0.206 e. The third-order valence-electron chi connectivity index (χ3n) is 8.41. The van der Waals surface area contributed by atoms with Crippen LogP contribution in [0.3, 0.4) is 0 Å². The number of rotatable bonds is 11. The van der Waals surface area contributed by atoms with Crippen molar-refractivity contribution in [2.45, 2.75) is 104 Å². The molecule has 0 atom stereocenters. The maximum Gasteiger partial charge on any atom is 0.134 e. The van der Waals surface area contributed by atoms with E-state index in [1.165, 1.54) is 76.2 Å². The molecule has 196 valence electrons. The molecule has 1 aliphatic rings. The van der Waals surface area contributed by atoms with Gasteiger partial charge in [-0.2, -0.15) is 0 Å². The molecule has 0 aliphatic heterocycles. The molecule has 1 aliphatic carbocycles. The van der Waals surface area contributed by atoms with Crippen LogP contribution in [0.25, 0.3) is 10.8 Å². The largest absolute Gasteiger partial charge is 0.206 e. The van der Waals surface area contributed by atoms with E-state index < -0.39 is 0 Å². The molecule has 0 saturated heterocycles. The minimum absolute atomic E-state index is 0.0387. The molecule has 0 heterocycles. The van der Waals surface area contributed by atoms with Crippen LogP contribution in [-0.4, -0.2) is 0 Å². The molecule has 0 radical (unpaired) electrons. The Morgan fingerprint density at radius 1 is 0.676 bits per heavy atom. The van der Waals surface area contributed by atoms with Gasteiger partial charge in [-0.1, -0.05) is 120 Å². The van der Waals surface area contributed by atoms with E-state index in [2.05, 4.69) is 56.0 Å². The summed E-state index contributed by atoms with van der Waals surface area (Å²) in [6.07, 6.45) is 17.8. The molecular weight excluding hydrogens is 451 g/mol. The normalized spacial score (nSPS) is 17.5. The number of hydrogen-bond acceptors (Lipinski definition) is 0. The molecule has 0 spiro atoms. The zero-order valence-electron chi connectivity index (χ0n) is 23.1. The first kappa shape index (κ1) is 27.4. The topological polar surface area (TPSA) is 0 Å². The van der Waals surface area contributed by atoms with E-state index in [0.29, 0.717) is 0 Å². The lowest BCUT2D eigenvalue weighted by Gasteiger charge is -2.28. The highest BCUT2D eigenvalue weighted by Crippen LogP contribution is 2.34. The van der Waals surface area contributed by atoms with Crippen LogP contribution in [0.1, 0.15) is 113 Å². The van der Waals surface area contributed by atoms with Gasteiger partial charge in [0.25, 0.3) is 0 Å². The number of unbranched alkanes of at least 4 members (excludes halogenated alkanes) is 4. The molecule has 3 aromatic rings. The molecule has 0 amide bonds. The summed E-state index contributed by atoms with van der Waals surface area (Å²) in [5, 5.41) is 1.66. The molecule has 1 fully saturated rings. The van der Waals surface area contributed by atoms with Gasteiger partial charge in [0.15, 0.2) is 0 Å². The molecular formula is C36H45F. The molecule has 0 unspecified atom stereocenters. The lowest BCUT2D eigenvalue weighted by Crippen LogP contribution is -2.15. The zero-order valence-corrected chi connectivity index (χ0v) is 23.1. The monoisotopic (exact) mass is 496 g/mol. The predicted octanol–water partition coefficient (Wildman–Crippen LogP) is 10.4. The van der Waals surface area contributed by atoms with Crippen molar-refractivity contribution >= 4 is 10.8 Å². The number of fused-ring (bicyclic) bond motifs is 1. The lowest BCUT2D eigenvalue weighted by atomic mass is 9.78. The quantitative estimate of drug-likeness (QED) is 0.183. The van der Waals surface area contributed by atoms with E-state index in [-0.39, 0.29) is 5.82 Å². The van der Waals surface area contributed by atoms with Crippen molar-refractivity contribution < 1.29 is 4.39 Å². The van der Waals surface area contributed by atoms with Gasteiger partial charge in [0, 0.05) is 16.5 Å². The highest BCUT2D eigenvalue weighted by atomic mass is 19.1. The van der Waals surface area contributed by atoms with Gasteiger partial charge in [0.2, 0.25) is 0 Å². The minimum atomic E-state index is -0.0387. The second-order valence-corrected chi connectivity index (χ2v) is 11.3. The van der Waals surface area contributed by atoms with Gasteiger partial charge in [-0.25, -0.2) is 4.39 Å². The summed E-state index contributed by atoms with van der Waals surface area (Å²) in [5.41, 5.74) is 4.22. The fourth-order valence-corrected chi connectivity index (χ4v) is 5.92. The highest BCUT2D eigenvalue weighted by molar-refractivity contribution is 5.85. The van der Waals surface area contributed by atoms with Gasteiger partial charge in [0.1, 0.15) is 5.82 Å². The van der Waals surface area contributed by atoms with Gasteiger partial charge < -0.3 is 0 Å². The van der Waals surface area contributed by atoms with Crippen molar-refractivity contribution in [3.63, 3.8) is 0 Å². The molecule has 0 bridgehead atoms. The molecule has 3 aromatic carbocycles. The summed E-state index contributed by atoms with van der Waals surface area (Å²) in [7, 11) is 0. The van der Waals surface area contributed by atoms with Crippen molar-refractivity contribution in [1.29, 1.82) is 0 Å². The maximum atomic E-state index is 15.3. The van der Waals surface area contributed by atoms with Crippen LogP contribution in [0.4, 0.5) is 4.39 Å². The Kier molecular flexibility index (Phi) is 10.7. The predicted molar refractivity (Wildman–Crippen MR) is 157 cm³/mol. The molecule has 0 nitrogen and oxygen atoms in total. The van der Waals surface area contributed by atoms with E-state index in [0.717, 1.165) is 58.6 Å². The fourth-order valence-electron chi connectivity index (χ4n) is 5.92. The van der Waals surface area contributed by atoms with E-state index in [1.54, 1.807) is 0 Å². The van der Waals surface area contributed by atoms with Crippen LogP contribution in [0.2, 0.25) is 0 Å². The summed E-state index contributed by atoms with van der Waals surface area (Å²) in [5.74, 6) is 8.22. The van der Waals surface area contributed by atoms with Gasteiger partial charge in [-0.3, -0.25) is 0 Å². The van der Waals surface area contributed by atoms with Gasteiger partial charge in [-0.05, 0) is 78.3 Å². The Hall–Kier alpha value is -2.59. The maximum absolute atomic E-state index is 15.3. The zero-order chi connectivity index (χ0) is 25.9. The Balaban J connectivity index is 1.33. The van der Waals surface area contributed by atoms with Gasteiger partial charge >= 0.3 is 0 Å².